The molecule has 5 nitrogen and oxygen atoms in total. The molecule has 102 valence electrons. The van der Waals surface area contributed by atoms with Gasteiger partial charge in [0.15, 0.2) is 0 Å². The van der Waals surface area contributed by atoms with Crippen molar-refractivity contribution in [2.75, 3.05) is 0 Å². The van der Waals surface area contributed by atoms with Gasteiger partial charge < -0.3 is 14.3 Å². The highest BCUT2D eigenvalue weighted by Crippen LogP contribution is 2.19. The summed E-state index contributed by atoms with van der Waals surface area (Å²) in [5.41, 5.74) is 0.481. The van der Waals surface area contributed by atoms with Crippen LogP contribution in [0.4, 0.5) is 0 Å². The summed E-state index contributed by atoms with van der Waals surface area (Å²) in [7, 11) is 0. The van der Waals surface area contributed by atoms with Gasteiger partial charge in [-0.05, 0) is 0 Å². The third kappa shape index (κ3) is 3.42. The fourth-order valence-electron chi connectivity index (χ4n) is 1.43. The van der Waals surface area contributed by atoms with E-state index in [9.17, 15) is 4.79 Å². The van der Waals surface area contributed by atoms with Crippen molar-refractivity contribution in [1.29, 1.82) is 0 Å². The van der Waals surface area contributed by atoms with Gasteiger partial charge in [-0.1, -0.05) is 13.8 Å². The average molecular weight is 281 g/mol. The van der Waals surface area contributed by atoms with Crippen LogP contribution in [0.2, 0.25) is 0 Å². The van der Waals surface area contributed by atoms with E-state index in [0.717, 1.165) is 10.7 Å². The topological polar surface area (TPSA) is 72.6 Å². The van der Waals surface area contributed by atoms with Crippen molar-refractivity contribution >= 4 is 11.3 Å². The zero-order chi connectivity index (χ0) is 13.8. The number of thiazole rings is 1. The SMILES string of the molecule is CC(C)c1nc(COc2coc(CO)cc2=O)cs1. The van der Waals surface area contributed by atoms with Gasteiger partial charge in [0.1, 0.15) is 25.2 Å². The van der Waals surface area contributed by atoms with Gasteiger partial charge in [0.25, 0.3) is 0 Å². The first kappa shape index (κ1) is 13.8. The number of hydrogen-bond donors (Lipinski definition) is 1. The molecule has 2 heterocycles. The lowest BCUT2D eigenvalue weighted by molar-refractivity contribution is 0.235. The van der Waals surface area contributed by atoms with Crippen LogP contribution in [0.1, 0.15) is 36.2 Å². The summed E-state index contributed by atoms with van der Waals surface area (Å²) in [4.78, 5) is 16.0. The van der Waals surface area contributed by atoms with Crippen LogP contribution in [-0.4, -0.2) is 10.1 Å². The van der Waals surface area contributed by atoms with Crippen LogP contribution in [0.3, 0.4) is 0 Å². The Morgan fingerprint density at radius 1 is 1.53 bits per heavy atom. The molecule has 0 saturated heterocycles. The minimum Gasteiger partial charge on any atom is -0.480 e. The number of aliphatic hydroxyl groups is 1. The van der Waals surface area contributed by atoms with E-state index in [0.29, 0.717) is 5.92 Å². The first-order valence-electron chi connectivity index (χ1n) is 5.90. The largest absolute Gasteiger partial charge is 0.480 e. The van der Waals surface area contributed by atoms with Gasteiger partial charge in [0, 0.05) is 17.4 Å². The predicted molar refractivity (Wildman–Crippen MR) is 71.4 cm³/mol. The van der Waals surface area contributed by atoms with Crippen LogP contribution in [0.25, 0.3) is 0 Å². The second-order valence-corrected chi connectivity index (χ2v) is 5.24. The average Bonchev–Trinajstić information content (AvgIpc) is 2.86. The summed E-state index contributed by atoms with van der Waals surface area (Å²) in [6, 6.07) is 1.22. The molecule has 0 saturated carbocycles. The van der Waals surface area contributed by atoms with E-state index < -0.39 is 0 Å². The molecule has 0 spiro atoms. The molecule has 0 radical (unpaired) electrons. The summed E-state index contributed by atoms with van der Waals surface area (Å²) in [6.07, 6.45) is 1.21. The van der Waals surface area contributed by atoms with Crippen LogP contribution in [0, 0.1) is 0 Å². The molecule has 0 fully saturated rings. The summed E-state index contributed by atoms with van der Waals surface area (Å²) in [6.45, 7) is 4.07. The van der Waals surface area contributed by atoms with E-state index in [-0.39, 0.29) is 30.2 Å². The molecule has 6 heteroatoms. The van der Waals surface area contributed by atoms with E-state index in [2.05, 4.69) is 18.8 Å². The van der Waals surface area contributed by atoms with Gasteiger partial charge in [0.05, 0.1) is 10.7 Å². The molecule has 2 aromatic rings. The summed E-state index contributed by atoms with van der Waals surface area (Å²) >= 11 is 1.58. The van der Waals surface area contributed by atoms with Gasteiger partial charge in [0.2, 0.25) is 11.2 Å². The van der Waals surface area contributed by atoms with Crippen molar-refractivity contribution in [2.24, 2.45) is 0 Å². The second kappa shape index (κ2) is 5.99. The number of hydrogen-bond acceptors (Lipinski definition) is 6. The van der Waals surface area contributed by atoms with Crippen molar-refractivity contribution in [3.8, 4) is 5.75 Å². The smallest absolute Gasteiger partial charge is 0.227 e. The number of ether oxygens (including phenoxy) is 1. The van der Waals surface area contributed by atoms with Gasteiger partial charge >= 0.3 is 0 Å². The monoisotopic (exact) mass is 281 g/mol. The molecule has 0 aromatic carbocycles. The zero-order valence-electron chi connectivity index (χ0n) is 10.8. The Hall–Kier alpha value is -1.66. The Bertz CT molecular complexity index is 603. The molecule has 0 unspecified atom stereocenters. The number of aliphatic hydroxyl groups excluding tert-OH is 1. The Labute approximate surface area is 114 Å². The van der Waals surface area contributed by atoms with Crippen LogP contribution >= 0.6 is 11.3 Å². The highest BCUT2D eigenvalue weighted by molar-refractivity contribution is 7.09. The Morgan fingerprint density at radius 2 is 2.32 bits per heavy atom. The molecular weight excluding hydrogens is 266 g/mol. The quantitative estimate of drug-likeness (QED) is 0.910. The molecular formula is C13H15NO4S. The molecule has 0 aliphatic carbocycles. The van der Waals surface area contributed by atoms with Crippen molar-refractivity contribution in [3.05, 3.63) is 44.4 Å². The van der Waals surface area contributed by atoms with Gasteiger partial charge in [-0.25, -0.2) is 4.98 Å². The fraction of sp³-hybridized carbons (Fsp3) is 0.385. The summed E-state index contributed by atoms with van der Waals surface area (Å²) in [5.74, 6) is 0.719. The maximum absolute atomic E-state index is 11.6. The first-order valence-corrected chi connectivity index (χ1v) is 6.77. The van der Waals surface area contributed by atoms with Crippen LogP contribution in [0.5, 0.6) is 5.75 Å². The predicted octanol–water partition coefficient (Wildman–Crippen LogP) is 2.29. The summed E-state index contributed by atoms with van der Waals surface area (Å²) in [5, 5.41) is 11.8. The maximum atomic E-state index is 11.6. The first-order chi connectivity index (χ1) is 9.10. The van der Waals surface area contributed by atoms with Crippen molar-refractivity contribution < 1.29 is 14.3 Å². The minimum atomic E-state index is -0.311. The van der Waals surface area contributed by atoms with E-state index >= 15 is 0 Å². The lowest BCUT2D eigenvalue weighted by Crippen LogP contribution is -2.08. The highest BCUT2D eigenvalue weighted by atomic mass is 32.1. The lowest BCUT2D eigenvalue weighted by atomic mass is 10.2. The maximum Gasteiger partial charge on any atom is 0.227 e. The molecule has 19 heavy (non-hydrogen) atoms. The lowest BCUT2D eigenvalue weighted by Gasteiger charge is -2.03. The number of aromatic nitrogens is 1. The molecule has 2 rings (SSSR count). The molecule has 0 aliphatic rings. The van der Waals surface area contributed by atoms with Crippen LogP contribution < -0.4 is 10.2 Å². The number of nitrogens with zero attached hydrogens (tertiary/aromatic N) is 1. The molecule has 0 bridgehead atoms. The standard InChI is InChI=1S/C13H15NO4S/c1-8(2)13-14-9(7-19-13)5-18-12-6-17-10(4-15)3-11(12)16/h3,6-8,15H,4-5H2,1-2H3. The minimum absolute atomic E-state index is 0.122. The van der Waals surface area contributed by atoms with Crippen molar-refractivity contribution in [1.82, 2.24) is 4.98 Å². The highest BCUT2D eigenvalue weighted by Gasteiger charge is 2.08. The Kier molecular flexibility index (Phi) is 4.34. The van der Waals surface area contributed by atoms with Gasteiger partial charge in [-0.3, -0.25) is 4.79 Å². The van der Waals surface area contributed by atoms with Crippen molar-refractivity contribution in [3.63, 3.8) is 0 Å². The normalized spacial score (nSPS) is 10.9. The molecule has 0 aliphatic heterocycles. The molecule has 0 amide bonds. The molecule has 2 aromatic heterocycles. The molecule has 1 N–H and O–H groups in total. The Balaban J connectivity index is 2.03. The van der Waals surface area contributed by atoms with Crippen LogP contribution in [-0.2, 0) is 13.2 Å². The van der Waals surface area contributed by atoms with Gasteiger partial charge in [-0.2, -0.15) is 0 Å². The van der Waals surface area contributed by atoms with E-state index in [1.807, 2.05) is 5.38 Å². The fourth-order valence-corrected chi connectivity index (χ4v) is 2.25. The zero-order valence-corrected chi connectivity index (χ0v) is 11.6. The van der Waals surface area contributed by atoms with Crippen molar-refractivity contribution in [2.45, 2.75) is 33.0 Å². The molecule has 0 atom stereocenters. The van der Waals surface area contributed by atoms with Crippen LogP contribution in [0.15, 0.2) is 26.9 Å². The Morgan fingerprint density at radius 3 is 2.89 bits per heavy atom. The van der Waals surface area contributed by atoms with Gasteiger partial charge in [-0.15, -0.1) is 11.3 Å². The van der Waals surface area contributed by atoms with E-state index in [4.69, 9.17) is 14.3 Å². The third-order valence-corrected chi connectivity index (χ3v) is 3.64. The summed E-state index contributed by atoms with van der Waals surface area (Å²) < 4.78 is 10.4. The number of rotatable bonds is 5. The van der Waals surface area contributed by atoms with E-state index in [1.54, 1.807) is 11.3 Å². The third-order valence-electron chi connectivity index (χ3n) is 2.45. The second-order valence-electron chi connectivity index (χ2n) is 4.35. The van der Waals surface area contributed by atoms with E-state index in [1.165, 1.54) is 12.3 Å².